The Morgan fingerprint density at radius 1 is 1.24 bits per heavy atom. The third-order valence-corrected chi connectivity index (χ3v) is 4.48. The van der Waals surface area contributed by atoms with Crippen molar-refractivity contribution in [2.75, 3.05) is 12.4 Å². The Kier molecular flexibility index (Phi) is 5.03. The minimum atomic E-state index is -0.269. The van der Waals surface area contributed by atoms with Gasteiger partial charge < -0.3 is 10.1 Å². The number of imidazole rings is 1. The molecule has 0 saturated carbocycles. The van der Waals surface area contributed by atoms with Crippen LogP contribution < -0.4 is 10.1 Å². The normalized spacial score (nSPS) is 10.7. The maximum absolute atomic E-state index is 11.6. The Bertz CT molecular complexity index is 1200. The lowest BCUT2D eigenvalue weighted by Crippen LogP contribution is -2.07. The SMILES string of the molecule is C=CC(=O)Nc1ccc2ncn(-c3cncc(Cc4ccccc4OC)n3)c2c1. The summed E-state index contributed by atoms with van der Waals surface area (Å²) in [6.45, 7) is 3.47. The fourth-order valence-corrected chi connectivity index (χ4v) is 3.10. The van der Waals surface area contributed by atoms with Crippen LogP contribution in [-0.4, -0.2) is 32.5 Å². The average molecular weight is 385 g/mol. The summed E-state index contributed by atoms with van der Waals surface area (Å²) in [5.41, 5.74) is 4.10. The zero-order valence-electron chi connectivity index (χ0n) is 15.9. The second-order valence-electron chi connectivity index (χ2n) is 6.37. The van der Waals surface area contributed by atoms with Gasteiger partial charge in [0.25, 0.3) is 0 Å². The van der Waals surface area contributed by atoms with Gasteiger partial charge in [-0.1, -0.05) is 24.8 Å². The molecule has 1 N–H and O–H groups in total. The fraction of sp³-hybridized carbons (Fsp3) is 0.0909. The number of hydrogen-bond acceptors (Lipinski definition) is 5. The molecule has 0 aliphatic carbocycles. The summed E-state index contributed by atoms with van der Waals surface area (Å²) in [5.74, 6) is 1.19. The number of nitrogens with zero attached hydrogens (tertiary/aromatic N) is 4. The first-order valence-corrected chi connectivity index (χ1v) is 9.01. The molecular formula is C22H19N5O2. The number of methoxy groups -OCH3 is 1. The molecule has 0 spiro atoms. The van der Waals surface area contributed by atoms with E-state index in [-0.39, 0.29) is 5.91 Å². The maximum atomic E-state index is 11.6. The highest BCUT2D eigenvalue weighted by Crippen LogP contribution is 2.23. The van der Waals surface area contributed by atoms with Crippen LogP contribution >= 0.6 is 0 Å². The van der Waals surface area contributed by atoms with Gasteiger partial charge in [0.05, 0.1) is 30.0 Å². The number of carbonyl (C=O) groups is 1. The van der Waals surface area contributed by atoms with Gasteiger partial charge in [-0.3, -0.25) is 14.3 Å². The Morgan fingerprint density at radius 2 is 2.10 bits per heavy atom. The Morgan fingerprint density at radius 3 is 2.93 bits per heavy atom. The van der Waals surface area contributed by atoms with Crippen molar-refractivity contribution in [1.29, 1.82) is 0 Å². The van der Waals surface area contributed by atoms with Crippen molar-refractivity contribution in [1.82, 2.24) is 19.5 Å². The third kappa shape index (κ3) is 3.84. The number of hydrogen-bond donors (Lipinski definition) is 1. The van der Waals surface area contributed by atoms with Gasteiger partial charge in [-0.05, 0) is 30.3 Å². The number of aromatic nitrogens is 4. The van der Waals surface area contributed by atoms with E-state index in [1.54, 1.807) is 31.9 Å². The van der Waals surface area contributed by atoms with Crippen LogP contribution in [0.3, 0.4) is 0 Å². The van der Waals surface area contributed by atoms with Crippen LogP contribution in [0.5, 0.6) is 5.75 Å². The fourth-order valence-electron chi connectivity index (χ4n) is 3.10. The number of carbonyl (C=O) groups excluding carboxylic acids is 1. The van der Waals surface area contributed by atoms with E-state index < -0.39 is 0 Å². The molecule has 2 heterocycles. The van der Waals surface area contributed by atoms with Crippen LogP contribution in [-0.2, 0) is 11.2 Å². The Balaban J connectivity index is 1.69. The van der Waals surface area contributed by atoms with Crippen molar-refractivity contribution >= 4 is 22.6 Å². The molecule has 2 aromatic heterocycles. The second kappa shape index (κ2) is 7.93. The highest BCUT2D eigenvalue weighted by molar-refractivity contribution is 6.00. The molecular weight excluding hydrogens is 366 g/mol. The molecule has 0 fully saturated rings. The molecule has 2 aromatic carbocycles. The first-order valence-electron chi connectivity index (χ1n) is 9.01. The third-order valence-electron chi connectivity index (χ3n) is 4.48. The molecule has 7 heteroatoms. The van der Waals surface area contributed by atoms with Crippen LogP contribution in [0.25, 0.3) is 16.9 Å². The maximum Gasteiger partial charge on any atom is 0.247 e. The van der Waals surface area contributed by atoms with E-state index in [0.717, 1.165) is 28.0 Å². The lowest BCUT2D eigenvalue weighted by atomic mass is 10.1. The molecule has 4 rings (SSSR count). The molecule has 0 unspecified atom stereocenters. The van der Waals surface area contributed by atoms with E-state index in [0.29, 0.717) is 17.9 Å². The number of nitrogens with one attached hydrogen (secondary N) is 1. The van der Waals surface area contributed by atoms with E-state index in [9.17, 15) is 4.79 Å². The van der Waals surface area contributed by atoms with Crippen LogP contribution in [0, 0.1) is 0 Å². The lowest BCUT2D eigenvalue weighted by molar-refractivity contribution is -0.111. The average Bonchev–Trinajstić information content (AvgIpc) is 3.17. The number of amides is 1. The summed E-state index contributed by atoms with van der Waals surface area (Å²) in [7, 11) is 1.65. The number of anilines is 1. The standard InChI is InChI=1S/C22H19N5O2/c1-3-22(28)26-16-8-9-18-19(11-16)27(14-24-18)21-13-23-12-17(25-21)10-15-6-4-5-7-20(15)29-2/h3-9,11-14H,1,10H2,2H3,(H,26,28). The van der Waals surface area contributed by atoms with E-state index in [4.69, 9.17) is 9.72 Å². The molecule has 1 amide bonds. The van der Waals surface area contributed by atoms with Gasteiger partial charge in [-0.2, -0.15) is 0 Å². The molecule has 0 saturated heterocycles. The topological polar surface area (TPSA) is 81.9 Å². The molecule has 4 aromatic rings. The highest BCUT2D eigenvalue weighted by atomic mass is 16.5. The van der Waals surface area contributed by atoms with E-state index >= 15 is 0 Å². The monoisotopic (exact) mass is 385 g/mol. The summed E-state index contributed by atoms with van der Waals surface area (Å²) in [4.78, 5) is 25.1. The summed E-state index contributed by atoms with van der Waals surface area (Å²) in [6.07, 6.45) is 6.94. The summed E-state index contributed by atoms with van der Waals surface area (Å²) >= 11 is 0. The smallest absolute Gasteiger partial charge is 0.247 e. The van der Waals surface area contributed by atoms with Crippen LogP contribution in [0.15, 0.2) is 73.8 Å². The van der Waals surface area contributed by atoms with Crippen LogP contribution in [0.4, 0.5) is 5.69 Å². The van der Waals surface area contributed by atoms with E-state index in [1.165, 1.54) is 6.08 Å². The Labute approximate surface area is 167 Å². The molecule has 0 aliphatic heterocycles. The molecule has 29 heavy (non-hydrogen) atoms. The predicted molar refractivity (Wildman–Crippen MR) is 111 cm³/mol. The molecule has 7 nitrogen and oxygen atoms in total. The van der Waals surface area contributed by atoms with Gasteiger partial charge in [0, 0.05) is 23.9 Å². The summed E-state index contributed by atoms with van der Waals surface area (Å²) in [6, 6.07) is 13.3. The van der Waals surface area contributed by atoms with Crippen molar-refractivity contribution in [3.05, 3.63) is 85.1 Å². The largest absolute Gasteiger partial charge is 0.496 e. The van der Waals surface area contributed by atoms with Gasteiger partial charge in [-0.15, -0.1) is 0 Å². The quantitative estimate of drug-likeness (QED) is 0.514. The molecule has 0 aliphatic rings. The molecule has 0 bridgehead atoms. The minimum absolute atomic E-state index is 0.269. The zero-order chi connectivity index (χ0) is 20.2. The first kappa shape index (κ1) is 18.4. The molecule has 0 atom stereocenters. The second-order valence-corrected chi connectivity index (χ2v) is 6.37. The number of fused-ring (bicyclic) bond motifs is 1. The van der Waals surface area contributed by atoms with Crippen molar-refractivity contribution in [2.24, 2.45) is 0 Å². The van der Waals surface area contributed by atoms with Gasteiger partial charge >= 0.3 is 0 Å². The number of ether oxygens (including phenoxy) is 1. The van der Waals surface area contributed by atoms with Gasteiger partial charge in [0.1, 0.15) is 12.1 Å². The first-order chi connectivity index (χ1) is 14.2. The molecule has 0 radical (unpaired) electrons. The molecule has 144 valence electrons. The summed E-state index contributed by atoms with van der Waals surface area (Å²) in [5, 5.41) is 2.76. The number of para-hydroxylation sites is 1. The van der Waals surface area contributed by atoms with Crippen LogP contribution in [0.1, 0.15) is 11.3 Å². The summed E-state index contributed by atoms with van der Waals surface area (Å²) < 4.78 is 7.27. The van der Waals surface area contributed by atoms with Gasteiger partial charge in [0.2, 0.25) is 5.91 Å². The Hall–Kier alpha value is -4.00. The van der Waals surface area contributed by atoms with Crippen molar-refractivity contribution in [3.63, 3.8) is 0 Å². The minimum Gasteiger partial charge on any atom is -0.496 e. The van der Waals surface area contributed by atoms with Gasteiger partial charge in [-0.25, -0.2) is 9.97 Å². The number of rotatable bonds is 6. The number of benzene rings is 2. The predicted octanol–water partition coefficient (Wildman–Crippen LogP) is 3.54. The van der Waals surface area contributed by atoms with Gasteiger partial charge in [0.15, 0.2) is 5.82 Å². The van der Waals surface area contributed by atoms with E-state index in [2.05, 4.69) is 21.9 Å². The van der Waals surface area contributed by atoms with Crippen molar-refractivity contribution in [3.8, 4) is 11.6 Å². The van der Waals surface area contributed by atoms with E-state index in [1.807, 2.05) is 41.0 Å². The van der Waals surface area contributed by atoms with Crippen molar-refractivity contribution < 1.29 is 9.53 Å². The lowest BCUT2D eigenvalue weighted by Gasteiger charge is -2.09. The van der Waals surface area contributed by atoms with Crippen molar-refractivity contribution in [2.45, 2.75) is 6.42 Å². The zero-order valence-corrected chi connectivity index (χ0v) is 15.9. The van der Waals surface area contributed by atoms with Crippen LogP contribution in [0.2, 0.25) is 0 Å². The highest BCUT2D eigenvalue weighted by Gasteiger charge is 2.10.